The molecule has 94 valence electrons. The Labute approximate surface area is 104 Å². The number of hydrogen-bond donors (Lipinski definition) is 1. The number of nitrogens with one attached hydrogen (secondary N) is 1. The van der Waals surface area contributed by atoms with Gasteiger partial charge in [-0.05, 0) is 32.2 Å². The molecule has 0 saturated heterocycles. The predicted molar refractivity (Wildman–Crippen MR) is 69.0 cm³/mol. The maximum atomic E-state index is 4.94. The molecule has 17 heavy (non-hydrogen) atoms. The van der Waals surface area contributed by atoms with Crippen molar-refractivity contribution in [2.45, 2.75) is 64.0 Å². The summed E-state index contributed by atoms with van der Waals surface area (Å²) >= 11 is 0. The molecule has 1 fully saturated rings. The molecule has 2 aliphatic rings. The Morgan fingerprint density at radius 2 is 2.18 bits per heavy atom. The zero-order valence-corrected chi connectivity index (χ0v) is 10.8. The fourth-order valence-electron chi connectivity index (χ4n) is 3.43. The Balaban J connectivity index is 1.98. The van der Waals surface area contributed by atoms with Crippen molar-refractivity contribution in [2.75, 3.05) is 6.54 Å². The van der Waals surface area contributed by atoms with Gasteiger partial charge in [0.2, 0.25) is 0 Å². The van der Waals surface area contributed by atoms with Crippen LogP contribution in [0.25, 0.3) is 0 Å². The normalized spacial score (nSPS) is 22.6. The van der Waals surface area contributed by atoms with Gasteiger partial charge in [0.25, 0.3) is 0 Å². The molecule has 1 aliphatic carbocycles. The molecule has 3 heteroatoms. The largest absolute Gasteiger partial charge is 0.333 e. The highest BCUT2D eigenvalue weighted by Gasteiger charge is 2.40. The van der Waals surface area contributed by atoms with E-state index in [2.05, 4.69) is 23.0 Å². The molecule has 0 radical (unpaired) electrons. The molecule has 1 spiro atoms. The zero-order valence-electron chi connectivity index (χ0n) is 10.8. The van der Waals surface area contributed by atoms with E-state index in [4.69, 9.17) is 4.98 Å². The lowest BCUT2D eigenvalue weighted by atomic mass is 9.96. The Bertz CT molecular complexity index is 388. The number of fused-ring (bicyclic) bond motifs is 2. The van der Waals surface area contributed by atoms with Gasteiger partial charge in [-0.3, -0.25) is 0 Å². The van der Waals surface area contributed by atoms with E-state index in [-0.39, 0.29) is 5.54 Å². The molecule has 0 aromatic carbocycles. The summed E-state index contributed by atoms with van der Waals surface area (Å²) in [5, 5.41) is 3.79. The van der Waals surface area contributed by atoms with E-state index < -0.39 is 0 Å². The molecule has 0 atom stereocenters. The van der Waals surface area contributed by atoms with Gasteiger partial charge in [-0.1, -0.05) is 26.2 Å². The zero-order chi connectivity index (χ0) is 11.7. The van der Waals surface area contributed by atoms with E-state index in [1.54, 1.807) is 0 Å². The van der Waals surface area contributed by atoms with Gasteiger partial charge in [-0.15, -0.1) is 0 Å². The van der Waals surface area contributed by atoms with E-state index >= 15 is 0 Å². The minimum absolute atomic E-state index is 0.211. The maximum absolute atomic E-state index is 4.94. The van der Waals surface area contributed by atoms with Crippen molar-refractivity contribution >= 4 is 0 Å². The molecule has 0 bridgehead atoms. The first-order valence-corrected chi connectivity index (χ1v) is 7.16. The van der Waals surface area contributed by atoms with Crippen LogP contribution in [0.3, 0.4) is 0 Å². The predicted octanol–water partition coefficient (Wildman–Crippen LogP) is 2.60. The van der Waals surface area contributed by atoms with Gasteiger partial charge in [-0.2, -0.15) is 0 Å². The van der Waals surface area contributed by atoms with E-state index in [0.29, 0.717) is 0 Å². The summed E-state index contributed by atoms with van der Waals surface area (Å²) in [4.78, 5) is 4.94. The summed E-state index contributed by atoms with van der Waals surface area (Å²) in [6.45, 7) is 4.52. The summed E-state index contributed by atoms with van der Waals surface area (Å²) in [6.07, 6.45) is 11.1. The molecule has 1 aromatic heterocycles. The molecule has 1 aromatic rings. The highest BCUT2D eigenvalue weighted by Crippen LogP contribution is 2.39. The fourth-order valence-corrected chi connectivity index (χ4v) is 3.43. The third kappa shape index (κ3) is 1.90. The lowest BCUT2D eigenvalue weighted by Gasteiger charge is -2.28. The quantitative estimate of drug-likeness (QED) is 0.851. The molecule has 0 unspecified atom stereocenters. The number of hydrogen-bond acceptors (Lipinski definition) is 2. The molecule has 1 aliphatic heterocycles. The monoisotopic (exact) mass is 233 g/mol. The number of aromatic nitrogens is 2. The van der Waals surface area contributed by atoms with Gasteiger partial charge in [0.1, 0.15) is 5.82 Å². The van der Waals surface area contributed by atoms with Gasteiger partial charge in [0.15, 0.2) is 0 Å². The summed E-state index contributed by atoms with van der Waals surface area (Å²) < 4.78 is 2.43. The van der Waals surface area contributed by atoms with Crippen LogP contribution in [0, 0.1) is 0 Å². The van der Waals surface area contributed by atoms with Crippen LogP contribution >= 0.6 is 0 Å². The van der Waals surface area contributed by atoms with Crippen LogP contribution in [0.4, 0.5) is 0 Å². The van der Waals surface area contributed by atoms with Crippen molar-refractivity contribution in [1.82, 2.24) is 14.9 Å². The van der Waals surface area contributed by atoms with Crippen molar-refractivity contribution in [3.05, 3.63) is 17.7 Å². The second kappa shape index (κ2) is 4.45. The topological polar surface area (TPSA) is 29.9 Å². The summed E-state index contributed by atoms with van der Waals surface area (Å²) in [5.74, 6) is 1.33. The van der Waals surface area contributed by atoms with E-state index in [0.717, 1.165) is 19.5 Å². The van der Waals surface area contributed by atoms with Crippen molar-refractivity contribution in [3.63, 3.8) is 0 Å². The van der Waals surface area contributed by atoms with Crippen LogP contribution in [0.1, 0.15) is 57.0 Å². The first-order chi connectivity index (χ1) is 8.34. The Morgan fingerprint density at radius 3 is 2.94 bits per heavy atom. The van der Waals surface area contributed by atoms with Gasteiger partial charge in [0.05, 0.1) is 11.2 Å². The van der Waals surface area contributed by atoms with Crippen LogP contribution < -0.4 is 5.32 Å². The van der Waals surface area contributed by atoms with Crippen LogP contribution in [0.2, 0.25) is 0 Å². The third-order valence-electron chi connectivity index (χ3n) is 4.26. The Morgan fingerprint density at radius 1 is 1.35 bits per heavy atom. The standard InChI is InChI=1S/C14H23N3/c1-2-6-12-11-17-10-5-9-15-14(13(17)16-12)7-3-4-8-14/h11,15H,2-10H2,1H3. The summed E-state index contributed by atoms with van der Waals surface area (Å²) in [5.41, 5.74) is 1.50. The molecule has 1 N–H and O–H groups in total. The third-order valence-corrected chi connectivity index (χ3v) is 4.26. The van der Waals surface area contributed by atoms with Crippen LogP contribution in [0.15, 0.2) is 6.20 Å². The van der Waals surface area contributed by atoms with Crippen LogP contribution in [0.5, 0.6) is 0 Å². The lowest BCUT2D eigenvalue weighted by Crippen LogP contribution is -2.40. The number of imidazole rings is 1. The lowest BCUT2D eigenvalue weighted by molar-refractivity contribution is 0.331. The second-order valence-corrected chi connectivity index (χ2v) is 5.57. The SMILES string of the molecule is CCCc1cn2c(n1)C1(CCCC1)NCCC2. The molecular weight excluding hydrogens is 210 g/mol. The Hall–Kier alpha value is -0.830. The number of nitrogens with zero attached hydrogens (tertiary/aromatic N) is 2. The van der Waals surface area contributed by atoms with Crippen LogP contribution in [-0.2, 0) is 18.5 Å². The highest BCUT2D eigenvalue weighted by atomic mass is 15.2. The van der Waals surface area contributed by atoms with E-state index in [1.165, 1.54) is 50.0 Å². The molecular formula is C14H23N3. The highest BCUT2D eigenvalue weighted by molar-refractivity contribution is 5.17. The number of rotatable bonds is 2. The molecule has 0 amide bonds. The van der Waals surface area contributed by atoms with Gasteiger partial charge >= 0.3 is 0 Å². The fraction of sp³-hybridized carbons (Fsp3) is 0.786. The van der Waals surface area contributed by atoms with Crippen molar-refractivity contribution in [1.29, 1.82) is 0 Å². The molecule has 2 heterocycles. The van der Waals surface area contributed by atoms with Crippen LogP contribution in [-0.4, -0.2) is 16.1 Å². The minimum Gasteiger partial charge on any atom is -0.333 e. The smallest absolute Gasteiger partial charge is 0.129 e. The number of aryl methyl sites for hydroxylation is 2. The second-order valence-electron chi connectivity index (χ2n) is 5.57. The summed E-state index contributed by atoms with van der Waals surface area (Å²) in [7, 11) is 0. The first kappa shape index (κ1) is 11.3. The first-order valence-electron chi connectivity index (χ1n) is 7.16. The van der Waals surface area contributed by atoms with Crippen molar-refractivity contribution in [3.8, 4) is 0 Å². The van der Waals surface area contributed by atoms with Gasteiger partial charge in [0, 0.05) is 12.7 Å². The molecule has 3 nitrogen and oxygen atoms in total. The average molecular weight is 233 g/mol. The van der Waals surface area contributed by atoms with Gasteiger partial charge in [-0.25, -0.2) is 4.98 Å². The average Bonchev–Trinajstić information content (AvgIpc) is 2.89. The molecule has 3 rings (SSSR count). The minimum atomic E-state index is 0.211. The molecule has 1 saturated carbocycles. The summed E-state index contributed by atoms with van der Waals surface area (Å²) in [6, 6.07) is 0. The maximum Gasteiger partial charge on any atom is 0.129 e. The Kier molecular flexibility index (Phi) is 2.95. The van der Waals surface area contributed by atoms with E-state index in [9.17, 15) is 0 Å². The van der Waals surface area contributed by atoms with Crippen molar-refractivity contribution < 1.29 is 0 Å². The van der Waals surface area contributed by atoms with E-state index in [1.807, 2.05) is 0 Å². The van der Waals surface area contributed by atoms with Gasteiger partial charge < -0.3 is 9.88 Å². The van der Waals surface area contributed by atoms with Crippen molar-refractivity contribution in [2.24, 2.45) is 0 Å².